The molecule has 0 aromatic carbocycles. The normalized spacial score (nSPS) is 20.3. The molecule has 0 atom stereocenters. The molecule has 0 N–H and O–H groups in total. The van der Waals surface area contributed by atoms with Crippen molar-refractivity contribution in [3.63, 3.8) is 0 Å². The molecule has 88 valence electrons. The fourth-order valence-corrected chi connectivity index (χ4v) is 1.37. The summed E-state index contributed by atoms with van der Waals surface area (Å²) in [6, 6.07) is 0. The number of carbonyl (C=O) groups is 2. The van der Waals surface area contributed by atoms with Gasteiger partial charge >= 0.3 is 19.1 Å². The third kappa shape index (κ3) is 3.96. The quantitative estimate of drug-likeness (QED) is 0.465. The first-order chi connectivity index (χ1) is 8.13. The summed E-state index contributed by atoms with van der Waals surface area (Å²) in [5, 5.41) is 0. The summed E-state index contributed by atoms with van der Waals surface area (Å²) in [6.07, 6.45) is 3.15. The molecule has 0 unspecified atom stereocenters. The largest absolute Gasteiger partial charge is 0.611 e. The number of likely N-dealkylation sites (N-methyl/N-ethyl adjacent to an activating group) is 1. The molecule has 1 saturated heterocycles. The van der Waals surface area contributed by atoms with Gasteiger partial charge in [-0.25, -0.2) is 0 Å². The number of allylic oxidation sites excluding steroid dienone is 2. The lowest BCUT2D eigenvalue weighted by Crippen LogP contribution is -2.42. The molecule has 2 rings (SSSR count). The fraction of sp³-hybridized carbons (Fsp3) is 0.455. The number of hydrogen-bond acceptors (Lipinski definition) is 5. The van der Waals surface area contributed by atoms with Crippen LogP contribution in [0.3, 0.4) is 0 Å². The summed E-state index contributed by atoms with van der Waals surface area (Å²) < 4.78 is 9.98. The maximum atomic E-state index is 11.4. The molecule has 0 radical (unpaired) electrons. The van der Waals surface area contributed by atoms with E-state index < -0.39 is 19.1 Å². The molecule has 17 heavy (non-hydrogen) atoms. The molecule has 5 nitrogen and oxygen atoms in total. The molecule has 6 heteroatoms. The fourth-order valence-electron chi connectivity index (χ4n) is 1.37. The molecule has 0 bridgehead atoms. The van der Waals surface area contributed by atoms with Crippen molar-refractivity contribution < 1.29 is 18.9 Å². The molecular formula is C11H12BNO4. The first-order valence-corrected chi connectivity index (χ1v) is 5.39. The molecular weight excluding hydrogens is 221 g/mol. The zero-order valence-corrected chi connectivity index (χ0v) is 9.56. The van der Waals surface area contributed by atoms with Gasteiger partial charge in [-0.15, -0.1) is 0 Å². The standard InChI is InChI=1S/C11H12BNO4/c1-13-7-10(14)16-12(17-11(15)8-13)6-2-3-9-4-5-9/h4H,5-8H2,1H3. The Morgan fingerprint density at radius 2 is 1.94 bits per heavy atom. The Balaban J connectivity index is 1.91. The molecule has 0 spiro atoms. The number of hydrogen-bond donors (Lipinski definition) is 0. The minimum atomic E-state index is -0.879. The minimum Gasteiger partial charge on any atom is -0.498 e. The summed E-state index contributed by atoms with van der Waals surface area (Å²) in [4.78, 5) is 24.3. The van der Waals surface area contributed by atoms with Crippen LogP contribution in [0.4, 0.5) is 0 Å². The summed E-state index contributed by atoms with van der Waals surface area (Å²) in [5.74, 6) is 4.92. The Labute approximate surface area is 99.9 Å². The van der Waals surface area contributed by atoms with Crippen molar-refractivity contribution >= 4 is 19.1 Å². The van der Waals surface area contributed by atoms with E-state index in [1.54, 1.807) is 11.9 Å². The highest BCUT2D eigenvalue weighted by Crippen LogP contribution is 2.16. The minimum absolute atomic E-state index is 0.0875. The summed E-state index contributed by atoms with van der Waals surface area (Å²) in [5.41, 5.74) is 1.08. The summed E-state index contributed by atoms with van der Waals surface area (Å²) in [6.45, 7) is 0.175. The van der Waals surface area contributed by atoms with Gasteiger partial charge in [0.05, 0.1) is 19.4 Å². The van der Waals surface area contributed by atoms with Gasteiger partial charge in [-0.1, -0.05) is 17.9 Å². The van der Waals surface area contributed by atoms with Crippen LogP contribution in [0.15, 0.2) is 11.6 Å². The maximum Gasteiger partial charge on any atom is 0.611 e. The van der Waals surface area contributed by atoms with Gasteiger partial charge < -0.3 is 9.31 Å². The van der Waals surface area contributed by atoms with Crippen LogP contribution in [0.2, 0.25) is 6.32 Å². The van der Waals surface area contributed by atoms with Crippen LogP contribution in [-0.4, -0.2) is 44.1 Å². The summed E-state index contributed by atoms with van der Waals surface area (Å²) >= 11 is 0. The van der Waals surface area contributed by atoms with Crippen LogP contribution in [-0.2, 0) is 18.9 Å². The Morgan fingerprint density at radius 3 is 2.47 bits per heavy atom. The Kier molecular flexibility index (Phi) is 3.50. The third-order valence-corrected chi connectivity index (χ3v) is 2.25. The molecule has 1 aliphatic heterocycles. The van der Waals surface area contributed by atoms with E-state index >= 15 is 0 Å². The van der Waals surface area contributed by atoms with Crippen molar-refractivity contribution in [1.29, 1.82) is 0 Å². The van der Waals surface area contributed by atoms with Crippen molar-refractivity contribution in [3.8, 4) is 11.8 Å². The van der Waals surface area contributed by atoms with Crippen LogP contribution in [0.25, 0.3) is 0 Å². The van der Waals surface area contributed by atoms with E-state index in [1.807, 2.05) is 6.08 Å². The van der Waals surface area contributed by atoms with Crippen LogP contribution in [0.5, 0.6) is 0 Å². The average molecular weight is 233 g/mol. The predicted molar refractivity (Wildman–Crippen MR) is 60.7 cm³/mol. The second-order valence-corrected chi connectivity index (χ2v) is 4.02. The monoisotopic (exact) mass is 233 g/mol. The highest BCUT2D eigenvalue weighted by atomic mass is 16.6. The van der Waals surface area contributed by atoms with Gasteiger partial charge in [-0.3, -0.25) is 14.5 Å². The van der Waals surface area contributed by atoms with Gasteiger partial charge in [0.15, 0.2) is 0 Å². The molecule has 0 saturated carbocycles. The van der Waals surface area contributed by atoms with E-state index in [2.05, 4.69) is 11.8 Å². The Hall–Kier alpha value is -1.74. The SMILES string of the molecule is CN1CC(=O)OB(CC#CC2=CC2)OC(=O)C1. The number of carbonyl (C=O) groups excluding carboxylic acids is 2. The molecule has 2 aliphatic rings. The molecule has 0 aromatic heterocycles. The molecule has 1 aliphatic carbocycles. The molecule has 1 heterocycles. The van der Waals surface area contributed by atoms with Gasteiger partial charge in [-0.05, 0) is 13.5 Å². The molecule has 1 fully saturated rings. The second kappa shape index (κ2) is 5.06. The van der Waals surface area contributed by atoms with Gasteiger partial charge in [0.1, 0.15) is 0 Å². The lowest BCUT2D eigenvalue weighted by atomic mass is 9.84. The van der Waals surface area contributed by atoms with Crippen molar-refractivity contribution in [3.05, 3.63) is 11.6 Å². The lowest BCUT2D eigenvalue weighted by Gasteiger charge is -2.21. The highest BCUT2D eigenvalue weighted by molar-refractivity contribution is 6.50. The average Bonchev–Trinajstić information content (AvgIpc) is 2.98. The van der Waals surface area contributed by atoms with Crippen LogP contribution < -0.4 is 0 Å². The maximum absolute atomic E-state index is 11.4. The van der Waals surface area contributed by atoms with E-state index in [9.17, 15) is 9.59 Å². The van der Waals surface area contributed by atoms with E-state index in [-0.39, 0.29) is 19.4 Å². The molecule has 0 aromatic rings. The van der Waals surface area contributed by atoms with Crippen molar-refractivity contribution in [2.24, 2.45) is 0 Å². The van der Waals surface area contributed by atoms with E-state index in [4.69, 9.17) is 9.31 Å². The zero-order chi connectivity index (χ0) is 12.3. The topological polar surface area (TPSA) is 55.8 Å². The first kappa shape index (κ1) is 11.7. The smallest absolute Gasteiger partial charge is 0.498 e. The van der Waals surface area contributed by atoms with Gasteiger partial charge in [-0.2, -0.15) is 0 Å². The van der Waals surface area contributed by atoms with E-state index in [0.29, 0.717) is 0 Å². The zero-order valence-electron chi connectivity index (χ0n) is 9.56. The van der Waals surface area contributed by atoms with Gasteiger partial charge in [0.25, 0.3) is 0 Å². The van der Waals surface area contributed by atoms with Crippen molar-refractivity contribution in [2.45, 2.75) is 12.7 Å². The van der Waals surface area contributed by atoms with E-state index in [0.717, 1.165) is 12.0 Å². The number of nitrogens with zero attached hydrogens (tertiary/aromatic N) is 1. The van der Waals surface area contributed by atoms with E-state index in [1.165, 1.54) is 0 Å². The first-order valence-electron chi connectivity index (χ1n) is 5.39. The predicted octanol–water partition coefficient (Wildman–Crippen LogP) is -0.160. The lowest BCUT2D eigenvalue weighted by molar-refractivity contribution is -0.145. The van der Waals surface area contributed by atoms with Crippen LogP contribution in [0, 0.1) is 11.8 Å². The van der Waals surface area contributed by atoms with Gasteiger partial charge in [0.2, 0.25) is 0 Å². The molecule has 0 amide bonds. The van der Waals surface area contributed by atoms with Crippen molar-refractivity contribution in [1.82, 2.24) is 4.90 Å². The number of rotatable bonds is 1. The summed E-state index contributed by atoms with van der Waals surface area (Å²) in [7, 11) is 0.776. The van der Waals surface area contributed by atoms with Crippen LogP contribution >= 0.6 is 0 Å². The van der Waals surface area contributed by atoms with Crippen LogP contribution in [0.1, 0.15) is 6.42 Å². The highest BCUT2D eigenvalue weighted by Gasteiger charge is 2.30. The van der Waals surface area contributed by atoms with Gasteiger partial charge in [0, 0.05) is 5.57 Å². The Morgan fingerprint density at radius 1 is 1.35 bits per heavy atom. The third-order valence-electron chi connectivity index (χ3n) is 2.25. The van der Waals surface area contributed by atoms with Crippen molar-refractivity contribution in [2.75, 3.05) is 20.1 Å². The Bertz CT molecular complexity index is 414. The second-order valence-electron chi connectivity index (χ2n) is 4.02.